The highest BCUT2D eigenvalue weighted by atomic mass is 35.5. The molecule has 0 radical (unpaired) electrons. The molecular formula is C17H13ClFN5O. The Balaban J connectivity index is 1.71. The molecule has 0 aliphatic carbocycles. The van der Waals surface area contributed by atoms with Crippen LogP contribution in [-0.4, -0.2) is 16.2 Å². The number of ether oxygens (including phenoxy) is 1. The smallest absolute Gasteiger partial charge is 0.246 e. The van der Waals surface area contributed by atoms with Crippen LogP contribution >= 0.6 is 11.6 Å². The van der Waals surface area contributed by atoms with Gasteiger partial charge in [0.2, 0.25) is 11.8 Å². The van der Waals surface area contributed by atoms with Crippen LogP contribution in [0.3, 0.4) is 0 Å². The van der Waals surface area contributed by atoms with Crippen molar-refractivity contribution in [2.24, 2.45) is 5.10 Å². The fraction of sp³-hybridized carbons (Fsp3) is 0. The van der Waals surface area contributed by atoms with E-state index >= 15 is 0 Å². The van der Waals surface area contributed by atoms with Crippen LogP contribution in [0, 0.1) is 5.82 Å². The first-order valence-corrected chi connectivity index (χ1v) is 7.58. The van der Waals surface area contributed by atoms with Crippen molar-refractivity contribution >= 4 is 29.5 Å². The summed E-state index contributed by atoms with van der Waals surface area (Å²) in [6.07, 6.45) is 2.90. The lowest BCUT2D eigenvalue weighted by molar-refractivity contribution is 0.463. The molecule has 0 spiro atoms. The zero-order valence-corrected chi connectivity index (χ0v) is 13.6. The number of anilines is 2. The third kappa shape index (κ3) is 4.65. The molecule has 0 bridgehead atoms. The summed E-state index contributed by atoms with van der Waals surface area (Å²) in [4.78, 5) is 8.16. The van der Waals surface area contributed by atoms with Crippen molar-refractivity contribution in [3.05, 3.63) is 71.1 Å². The Kier molecular flexibility index (Phi) is 5.06. The summed E-state index contributed by atoms with van der Waals surface area (Å²) in [6.45, 7) is 0. The Hall–Kier alpha value is -3.19. The van der Waals surface area contributed by atoms with E-state index in [0.29, 0.717) is 11.4 Å². The molecule has 0 saturated heterocycles. The predicted octanol–water partition coefficient (Wildman–Crippen LogP) is 4.09. The molecular weight excluding hydrogens is 345 g/mol. The maximum atomic E-state index is 12.8. The summed E-state index contributed by atoms with van der Waals surface area (Å²) in [5.41, 5.74) is 9.65. The van der Waals surface area contributed by atoms with Crippen molar-refractivity contribution in [3.8, 4) is 11.6 Å². The van der Waals surface area contributed by atoms with Crippen molar-refractivity contribution in [1.29, 1.82) is 0 Å². The van der Waals surface area contributed by atoms with Gasteiger partial charge in [0.1, 0.15) is 16.6 Å². The Bertz CT molecular complexity index is 902. The molecule has 0 aliphatic heterocycles. The monoisotopic (exact) mass is 357 g/mol. The van der Waals surface area contributed by atoms with Crippen LogP contribution < -0.4 is 15.9 Å². The van der Waals surface area contributed by atoms with E-state index in [2.05, 4.69) is 20.5 Å². The van der Waals surface area contributed by atoms with Crippen molar-refractivity contribution < 1.29 is 9.13 Å². The number of rotatable bonds is 5. The Morgan fingerprint density at radius 3 is 2.76 bits per heavy atom. The summed E-state index contributed by atoms with van der Waals surface area (Å²) >= 11 is 6.05. The van der Waals surface area contributed by atoms with Gasteiger partial charge in [0.05, 0.1) is 12.4 Å². The largest absolute Gasteiger partial charge is 0.437 e. The Morgan fingerprint density at radius 2 is 2.00 bits per heavy atom. The van der Waals surface area contributed by atoms with Gasteiger partial charge in [0, 0.05) is 11.8 Å². The maximum absolute atomic E-state index is 12.8. The van der Waals surface area contributed by atoms with Crippen LogP contribution in [0.5, 0.6) is 11.6 Å². The van der Waals surface area contributed by atoms with E-state index < -0.39 is 0 Å². The fourth-order valence-electron chi connectivity index (χ4n) is 1.88. The number of aromatic nitrogens is 2. The molecule has 0 fully saturated rings. The average molecular weight is 358 g/mol. The minimum atomic E-state index is -0.311. The summed E-state index contributed by atoms with van der Waals surface area (Å²) in [6, 6.07) is 12.8. The van der Waals surface area contributed by atoms with Gasteiger partial charge < -0.3 is 10.5 Å². The third-order valence-corrected chi connectivity index (χ3v) is 3.29. The van der Waals surface area contributed by atoms with E-state index in [0.717, 1.165) is 5.56 Å². The molecule has 0 aliphatic rings. The average Bonchev–Trinajstić information content (AvgIpc) is 2.59. The van der Waals surface area contributed by atoms with Gasteiger partial charge in [-0.25, -0.2) is 14.8 Å². The van der Waals surface area contributed by atoms with Gasteiger partial charge in [0.25, 0.3) is 0 Å². The van der Waals surface area contributed by atoms with Crippen molar-refractivity contribution in [2.45, 2.75) is 0 Å². The zero-order valence-electron chi connectivity index (χ0n) is 12.9. The van der Waals surface area contributed by atoms with E-state index in [4.69, 9.17) is 22.1 Å². The van der Waals surface area contributed by atoms with E-state index in [-0.39, 0.29) is 22.7 Å². The quantitative estimate of drug-likeness (QED) is 0.408. The second kappa shape index (κ2) is 7.59. The lowest BCUT2D eigenvalue weighted by atomic mass is 10.2. The normalized spacial score (nSPS) is 10.8. The number of nitrogens with zero attached hydrogens (tertiary/aromatic N) is 3. The number of halogens is 2. The molecule has 3 aromatic rings. The van der Waals surface area contributed by atoms with Crippen molar-refractivity contribution in [2.75, 3.05) is 11.2 Å². The van der Waals surface area contributed by atoms with Crippen LogP contribution in [0.15, 0.2) is 59.8 Å². The lowest BCUT2D eigenvalue weighted by Gasteiger charge is -2.08. The minimum Gasteiger partial charge on any atom is -0.437 e. The molecule has 1 aromatic heterocycles. The third-order valence-electron chi connectivity index (χ3n) is 3.03. The standard InChI is InChI=1S/C17H13ClFN5O/c18-15-10-21-17(24-22-9-11-4-6-12(19)7-5-11)23-16(15)25-14-3-1-2-13(20)8-14/h1-10H,20H2,(H,21,23,24)/b22-9+. The van der Waals surface area contributed by atoms with Crippen LogP contribution in [0.25, 0.3) is 0 Å². The summed E-state index contributed by atoms with van der Waals surface area (Å²) in [5.74, 6) is 0.555. The molecule has 3 rings (SSSR count). The number of benzene rings is 2. The molecule has 0 unspecified atom stereocenters. The first-order chi connectivity index (χ1) is 12.1. The van der Waals surface area contributed by atoms with Gasteiger partial charge in [-0.2, -0.15) is 10.1 Å². The van der Waals surface area contributed by atoms with Gasteiger partial charge in [-0.05, 0) is 29.8 Å². The number of hydrazone groups is 1. The lowest BCUT2D eigenvalue weighted by Crippen LogP contribution is -1.99. The minimum absolute atomic E-state index is 0.168. The first-order valence-electron chi connectivity index (χ1n) is 7.21. The summed E-state index contributed by atoms with van der Waals surface area (Å²) < 4.78 is 18.5. The number of hydrogen-bond acceptors (Lipinski definition) is 6. The predicted molar refractivity (Wildman–Crippen MR) is 95.6 cm³/mol. The number of nitrogens with two attached hydrogens (primary N) is 1. The highest BCUT2D eigenvalue weighted by Gasteiger charge is 2.08. The van der Waals surface area contributed by atoms with Crippen LogP contribution in [0.1, 0.15) is 5.56 Å². The summed E-state index contributed by atoms with van der Waals surface area (Å²) in [7, 11) is 0. The number of nitrogens with one attached hydrogen (secondary N) is 1. The SMILES string of the molecule is Nc1cccc(Oc2nc(N/N=C/c3ccc(F)cc3)ncc2Cl)c1. The highest BCUT2D eigenvalue weighted by molar-refractivity contribution is 6.31. The van der Waals surface area contributed by atoms with Crippen molar-refractivity contribution in [1.82, 2.24) is 9.97 Å². The van der Waals surface area contributed by atoms with Crippen LogP contribution in [0.2, 0.25) is 5.02 Å². The first kappa shape index (κ1) is 16.7. The highest BCUT2D eigenvalue weighted by Crippen LogP contribution is 2.28. The molecule has 1 heterocycles. The molecule has 25 heavy (non-hydrogen) atoms. The molecule has 126 valence electrons. The zero-order chi connectivity index (χ0) is 17.6. The van der Waals surface area contributed by atoms with E-state index in [9.17, 15) is 4.39 Å². The van der Waals surface area contributed by atoms with E-state index in [1.807, 2.05) is 0 Å². The number of hydrogen-bond donors (Lipinski definition) is 2. The molecule has 6 nitrogen and oxygen atoms in total. The maximum Gasteiger partial charge on any atom is 0.246 e. The molecule has 0 atom stereocenters. The Labute approximate surface area is 148 Å². The van der Waals surface area contributed by atoms with E-state index in [1.54, 1.807) is 36.4 Å². The van der Waals surface area contributed by atoms with Gasteiger partial charge >= 0.3 is 0 Å². The van der Waals surface area contributed by atoms with Gasteiger partial charge in [0.15, 0.2) is 0 Å². The molecule has 0 saturated carbocycles. The second-order valence-electron chi connectivity index (χ2n) is 4.94. The second-order valence-corrected chi connectivity index (χ2v) is 5.35. The van der Waals surface area contributed by atoms with Crippen molar-refractivity contribution in [3.63, 3.8) is 0 Å². The Morgan fingerprint density at radius 1 is 1.20 bits per heavy atom. The molecule has 3 N–H and O–H groups in total. The van der Waals surface area contributed by atoms with Gasteiger partial charge in [-0.1, -0.05) is 29.8 Å². The van der Waals surface area contributed by atoms with E-state index in [1.165, 1.54) is 24.5 Å². The topological polar surface area (TPSA) is 85.4 Å². The molecule has 0 amide bonds. The van der Waals surface area contributed by atoms with Gasteiger partial charge in [-0.3, -0.25) is 0 Å². The molecule has 2 aromatic carbocycles. The van der Waals surface area contributed by atoms with Gasteiger partial charge in [-0.15, -0.1) is 0 Å². The van der Waals surface area contributed by atoms with Crippen LogP contribution in [0.4, 0.5) is 16.0 Å². The summed E-state index contributed by atoms with van der Waals surface area (Å²) in [5, 5.41) is 4.24. The number of nitrogen functional groups attached to an aromatic ring is 1. The van der Waals surface area contributed by atoms with Crippen LogP contribution in [-0.2, 0) is 0 Å². The fourth-order valence-corrected chi connectivity index (χ4v) is 2.01. The molecule has 8 heteroatoms.